The van der Waals surface area contributed by atoms with E-state index in [0.29, 0.717) is 0 Å². The Balaban J connectivity index is 1.64. The van der Waals surface area contributed by atoms with Crippen LogP contribution >= 0.6 is 0 Å². The summed E-state index contributed by atoms with van der Waals surface area (Å²) in [5.41, 5.74) is 4.84. The summed E-state index contributed by atoms with van der Waals surface area (Å²) in [5, 5.41) is 3.55. The van der Waals surface area contributed by atoms with Crippen LogP contribution in [0.25, 0.3) is 0 Å². The van der Waals surface area contributed by atoms with Crippen molar-refractivity contribution in [2.45, 2.75) is 51.9 Å². The summed E-state index contributed by atoms with van der Waals surface area (Å²) in [4.78, 5) is 0. The van der Waals surface area contributed by atoms with Gasteiger partial charge in [-0.15, -0.1) is 0 Å². The van der Waals surface area contributed by atoms with Crippen molar-refractivity contribution in [3.63, 3.8) is 0 Å². The molecule has 0 amide bonds. The van der Waals surface area contributed by atoms with Gasteiger partial charge in [-0.2, -0.15) is 0 Å². The molecule has 0 bridgehead atoms. The maximum absolute atomic E-state index is 3.55. The molecule has 1 aromatic carbocycles. The molecular weight excluding hydrogens is 230 g/mol. The number of hydrogen-bond acceptors (Lipinski definition) is 1. The van der Waals surface area contributed by atoms with Crippen molar-refractivity contribution in [1.29, 1.82) is 0 Å². The zero-order chi connectivity index (χ0) is 13.1. The van der Waals surface area contributed by atoms with Crippen molar-refractivity contribution < 1.29 is 0 Å². The van der Waals surface area contributed by atoms with Crippen molar-refractivity contribution >= 4 is 0 Å². The summed E-state index contributed by atoms with van der Waals surface area (Å²) in [5.74, 6) is 1.83. The first kappa shape index (κ1) is 13.2. The molecule has 0 radical (unpaired) electrons. The smallest absolute Gasteiger partial charge is 0.00179 e. The highest BCUT2D eigenvalue weighted by Gasteiger charge is 2.27. The Kier molecular flexibility index (Phi) is 4.22. The molecule has 2 aliphatic carbocycles. The van der Waals surface area contributed by atoms with E-state index in [-0.39, 0.29) is 0 Å². The molecule has 1 fully saturated rings. The summed E-state index contributed by atoms with van der Waals surface area (Å²) in [6.45, 7) is 4.55. The van der Waals surface area contributed by atoms with E-state index in [1.54, 1.807) is 16.7 Å². The van der Waals surface area contributed by atoms with E-state index in [2.05, 4.69) is 30.4 Å². The maximum Gasteiger partial charge on any atom is -0.00179 e. The number of fused-ring (bicyclic) bond motifs is 1. The summed E-state index contributed by atoms with van der Waals surface area (Å²) < 4.78 is 0. The average Bonchev–Trinajstić information content (AvgIpc) is 3.05. The molecule has 0 aliphatic heterocycles. The largest absolute Gasteiger partial charge is 0.317 e. The molecular formula is C18H27N. The van der Waals surface area contributed by atoms with Crippen LogP contribution in [0.15, 0.2) is 18.2 Å². The minimum atomic E-state index is 0.910. The first-order valence-electron chi connectivity index (χ1n) is 8.18. The van der Waals surface area contributed by atoms with Crippen LogP contribution in [-0.2, 0) is 19.3 Å². The van der Waals surface area contributed by atoms with Gasteiger partial charge >= 0.3 is 0 Å². The quantitative estimate of drug-likeness (QED) is 0.847. The number of hydrogen-bond donors (Lipinski definition) is 1. The van der Waals surface area contributed by atoms with E-state index in [1.165, 1.54) is 51.5 Å². The third-order valence-electron chi connectivity index (χ3n) is 5.13. The lowest BCUT2D eigenvalue weighted by atomic mass is 9.88. The molecule has 1 aromatic rings. The van der Waals surface area contributed by atoms with Gasteiger partial charge in [0.2, 0.25) is 0 Å². The van der Waals surface area contributed by atoms with Crippen molar-refractivity contribution in [3.05, 3.63) is 34.9 Å². The SMILES string of the molecule is CCNCC1CCCC1Cc1ccc2c(c1)CCC2. The lowest BCUT2D eigenvalue weighted by molar-refractivity contribution is 0.368. The fraction of sp³-hybridized carbons (Fsp3) is 0.667. The highest BCUT2D eigenvalue weighted by atomic mass is 14.8. The van der Waals surface area contributed by atoms with Gasteiger partial charge in [0, 0.05) is 0 Å². The van der Waals surface area contributed by atoms with Gasteiger partial charge < -0.3 is 5.32 Å². The van der Waals surface area contributed by atoms with Gasteiger partial charge in [-0.1, -0.05) is 31.5 Å². The van der Waals surface area contributed by atoms with Crippen LogP contribution in [0, 0.1) is 11.8 Å². The number of rotatable bonds is 5. The number of aryl methyl sites for hydroxylation is 2. The monoisotopic (exact) mass is 257 g/mol. The Morgan fingerprint density at radius 2 is 1.89 bits per heavy atom. The molecule has 0 spiro atoms. The van der Waals surface area contributed by atoms with Gasteiger partial charge in [-0.05, 0) is 80.1 Å². The van der Waals surface area contributed by atoms with E-state index in [9.17, 15) is 0 Å². The predicted molar refractivity (Wildman–Crippen MR) is 81.5 cm³/mol. The van der Waals surface area contributed by atoms with Crippen LogP contribution in [0.1, 0.15) is 49.3 Å². The van der Waals surface area contributed by atoms with Gasteiger partial charge in [-0.3, -0.25) is 0 Å². The van der Waals surface area contributed by atoms with Crippen LogP contribution in [0.3, 0.4) is 0 Å². The molecule has 0 heterocycles. The second kappa shape index (κ2) is 6.09. The van der Waals surface area contributed by atoms with Crippen LogP contribution < -0.4 is 5.32 Å². The highest BCUT2D eigenvalue weighted by Crippen LogP contribution is 2.34. The average molecular weight is 257 g/mol. The molecule has 3 rings (SSSR count). The van der Waals surface area contributed by atoms with Gasteiger partial charge in [0.05, 0.1) is 0 Å². The molecule has 2 aliphatic rings. The maximum atomic E-state index is 3.55. The fourth-order valence-electron chi connectivity index (χ4n) is 4.04. The molecule has 104 valence electrons. The van der Waals surface area contributed by atoms with Gasteiger partial charge in [0.15, 0.2) is 0 Å². The topological polar surface area (TPSA) is 12.0 Å². The van der Waals surface area contributed by atoms with E-state index >= 15 is 0 Å². The second-order valence-electron chi connectivity index (χ2n) is 6.42. The van der Waals surface area contributed by atoms with E-state index in [4.69, 9.17) is 0 Å². The Hall–Kier alpha value is -0.820. The van der Waals surface area contributed by atoms with Gasteiger partial charge in [0.25, 0.3) is 0 Å². The zero-order valence-electron chi connectivity index (χ0n) is 12.3. The Labute approximate surface area is 117 Å². The van der Waals surface area contributed by atoms with Crippen molar-refractivity contribution in [3.8, 4) is 0 Å². The molecule has 2 unspecified atom stereocenters. The second-order valence-corrected chi connectivity index (χ2v) is 6.42. The van der Waals surface area contributed by atoms with E-state index in [0.717, 1.165) is 18.4 Å². The first-order valence-corrected chi connectivity index (χ1v) is 8.18. The molecule has 0 saturated heterocycles. The molecule has 1 heteroatoms. The highest BCUT2D eigenvalue weighted by molar-refractivity contribution is 5.35. The molecule has 2 atom stereocenters. The van der Waals surface area contributed by atoms with E-state index < -0.39 is 0 Å². The Morgan fingerprint density at radius 1 is 1.05 bits per heavy atom. The van der Waals surface area contributed by atoms with Crippen molar-refractivity contribution in [1.82, 2.24) is 5.32 Å². The number of benzene rings is 1. The lowest BCUT2D eigenvalue weighted by Crippen LogP contribution is -2.25. The van der Waals surface area contributed by atoms with Crippen LogP contribution in [-0.4, -0.2) is 13.1 Å². The Morgan fingerprint density at radius 3 is 2.79 bits per heavy atom. The number of nitrogens with one attached hydrogen (secondary N) is 1. The van der Waals surface area contributed by atoms with Gasteiger partial charge in [0.1, 0.15) is 0 Å². The third kappa shape index (κ3) is 3.02. The fourth-order valence-corrected chi connectivity index (χ4v) is 4.04. The van der Waals surface area contributed by atoms with Crippen molar-refractivity contribution in [2.75, 3.05) is 13.1 Å². The summed E-state index contributed by atoms with van der Waals surface area (Å²) in [7, 11) is 0. The van der Waals surface area contributed by atoms with Crippen LogP contribution in [0.4, 0.5) is 0 Å². The summed E-state index contributed by atoms with van der Waals surface area (Å²) in [6.07, 6.45) is 9.60. The standard InChI is InChI=1S/C18H27N/c1-2-19-13-18-8-4-7-17(18)12-14-9-10-15-5-3-6-16(15)11-14/h9-11,17-19H,2-8,12-13H2,1H3. The summed E-state index contributed by atoms with van der Waals surface area (Å²) >= 11 is 0. The predicted octanol–water partition coefficient (Wildman–Crippen LogP) is 3.74. The lowest BCUT2D eigenvalue weighted by Gasteiger charge is -2.20. The minimum absolute atomic E-state index is 0.910. The van der Waals surface area contributed by atoms with Crippen LogP contribution in [0.5, 0.6) is 0 Å². The molecule has 1 saturated carbocycles. The third-order valence-corrected chi connectivity index (χ3v) is 5.13. The molecule has 1 nitrogen and oxygen atoms in total. The van der Waals surface area contributed by atoms with Crippen molar-refractivity contribution in [2.24, 2.45) is 11.8 Å². The van der Waals surface area contributed by atoms with Crippen LogP contribution in [0.2, 0.25) is 0 Å². The van der Waals surface area contributed by atoms with Gasteiger partial charge in [-0.25, -0.2) is 0 Å². The minimum Gasteiger partial charge on any atom is -0.317 e. The molecule has 19 heavy (non-hydrogen) atoms. The Bertz CT molecular complexity index is 424. The summed E-state index contributed by atoms with van der Waals surface area (Å²) in [6, 6.07) is 7.30. The molecule has 1 N–H and O–H groups in total. The first-order chi connectivity index (χ1) is 9.36. The normalized spacial score (nSPS) is 25.7. The molecule has 0 aromatic heterocycles. The zero-order valence-corrected chi connectivity index (χ0v) is 12.3. The van der Waals surface area contributed by atoms with E-state index in [1.807, 2.05) is 0 Å².